The number of piperazine rings is 1. The molecule has 9 heteroatoms. The first-order valence-electron chi connectivity index (χ1n) is 6.50. The van der Waals surface area contributed by atoms with Crippen molar-refractivity contribution in [2.24, 2.45) is 7.05 Å². The lowest BCUT2D eigenvalue weighted by molar-refractivity contribution is 0.360. The number of rotatable bonds is 2. The van der Waals surface area contributed by atoms with Gasteiger partial charge in [-0.15, -0.1) is 12.4 Å². The highest BCUT2D eigenvalue weighted by molar-refractivity contribution is 7.89. The number of nitrogens with one attached hydrogen (secondary N) is 1. The van der Waals surface area contributed by atoms with Crippen molar-refractivity contribution in [1.29, 1.82) is 0 Å². The lowest BCUT2D eigenvalue weighted by atomic mass is 10.3. The predicted octanol–water partition coefficient (Wildman–Crippen LogP) is 0.292. The molecule has 0 saturated carbocycles. The van der Waals surface area contributed by atoms with Crippen molar-refractivity contribution >= 4 is 33.5 Å². The molecule has 0 aliphatic carbocycles. The number of sulfonamides is 1. The first-order valence-corrected chi connectivity index (χ1v) is 7.94. The van der Waals surface area contributed by atoms with Gasteiger partial charge in [-0.1, -0.05) is 0 Å². The Labute approximate surface area is 129 Å². The monoisotopic (exact) mass is 331 g/mol. The van der Waals surface area contributed by atoms with Crippen LogP contribution in [0.1, 0.15) is 5.69 Å². The van der Waals surface area contributed by atoms with E-state index in [4.69, 9.17) is 0 Å². The molecule has 1 saturated heterocycles. The largest absolute Gasteiger partial charge is 0.314 e. The quantitative estimate of drug-likeness (QED) is 0.855. The Hall–Kier alpha value is -1.22. The van der Waals surface area contributed by atoms with Crippen LogP contribution in [0.2, 0.25) is 0 Å². The van der Waals surface area contributed by atoms with Crippen molar-refractivity contribution < 1.29 is 8.42 Å². The topological polar surface area (TPSA) is 80.1 Å². The Balaban J connectivity index is 0.00000161. The summed E-state index contributed by atoms with van der Waals surface area (Å²) >= 11 is 0. The van der Waals surface area contributed by atoms with Gasteiger partial charge in [-0.05, 0) is 13.0 Å². The van der Waals surface area contributed by atoms with E-state index >= 15 is 0 Å². The van der Waals surface area contributed by atoms with Crippen molar-refractivity contribution in [3.63, 3.8) is 0 Å². The van der Waals surface area contributed by atoms with Gasteiger partial charge in [0.1, 0.15) is 4.90 Å². The Bertz CT molecular complexity index is 752. The van der Waals surface area contributed by atoms with E-state index in [2.05, 4.69) is 15.4 Å². The SMILES string of the molecule is Cc1nn(C)c2ncc(S(=O)(=O)N3CCNCC3)cc12.Cl. The highest BCUT2D eigenvalue weighted by Crippen LogP contribution is 2.22. The molecule has 0 amide bonds. The summed E-state index contributed by atoms with van der Waals surface area (Å²) < 4.78 is 28.3. The van der Waals surface area contributed by atoms with Crippen LogP contribution >= 0.6 is 12.4 Å². The molecular formula is C12H18ClN5O2S. The lowest BCUT2D eigenvalue weighted by Crippen LogP contribution is -2.46. The second kappa shape index (κ2) is 5.88. The maximum atomic E-state index is 12.6. The summed E-state index contributed by atoms with van der Waals surface area (Å²) in [6.45, 7) is 4.20. The van der Waals surface area contributed by atoms with Crippen molar-refractivity contribution in [3.05, 3.63) is 18.0 Å². The molecule has 0 spiro atoms. The fourth-order valence-corrected chi connectivity index (χ4v) is 3.88. The third kappa shape index (κ3) is 2.76. The fourth-order valence-electron chi connectivity index (χ4n) is 2.46. The van der Waals surface area contributed by atoms with Gasteiger partial charge in [0.2, 0.25) is 10.0 Å². The highest BCUT2D eigenvalue weighted by atomic mass is 35.5. The summed E-state index contributed by atoms with van der Waals surface area (Å²) in [6, 6.07) is 1.67. The number of halogens is 1. The van der Waals surface area contributed by atoms with Gasteiger partial charge in [0, 0.05) is 44.8 Å². The molecule has 2 aromatic rings. The van der Waals surface area contributed by atoms with Gasteiger partial charge in [0.15, 0.2) is 5.65 Å². The Kier molecular flexibility index (Phi) is 4.52. The van der Waals surface area contributed by atoms with E-state index < -0.39 is 10.0 Å². The van der Waals surface area contributed by atoms with Gasteiger partial charge in [-0.2, -0.15) is 9.40 Å². The molecule has 3 heterocycles. The summed E-state index contributed by atoms with van der Waals surface area (Å²) in [6.07, 6.45) is 1.42. The minimum Gasteiger partial charge on any atom is -0.314 e. The number of aryl methyl sites for hydroxylation is 2. The molecule has 1 aliphatic heterocycles. The third-order valence-electron chi connectivity index (χ3n) is 3.55. The zero-order valence-electron chi connectivity index (χ0n) is 11.9. The molecule has 7 nitrogen and oxygen atoms in total. The predicted molar refractivity (Wildman–Crippen MR) is 82.1 cm³/mol. The van der Waals surface area contributed by atoms with Crippen LogP contribution in [0.25, 0.3) is 11.0 Å². The van der Waals surface area contributed by atoms with Gasteiger partial charge >= 0.3 is 0 Å². The van der Waals surface area contributed by atoms with Gasteiger partial charge < -0.3 is 5.32 Å². The Morgan fingerprint density at radius 1 is 1.29 bits per heavy atom. The summed E-state index contributed by atoms with van der Waals surface area (Å²) in [5, 5.41) is 8.19. The van der Waals surface area contributed by atoms with Gasteiger partial charge in [-0.25, -0.2) is 13.4 Å². The summed E-state index contributed by atoms with van der Waals surface area (Å²) in [4.78, 5) is 4.48. The molecule has 0 unspecified atom stereocenters. The van der Waals surface area contributed by atoms with Crippen LogP contribution in [-0.2, 0) is 17.1 Å². The molecule has 3 rings (SSSR count). The number of pyridine rings is 1. The number of fused-ring (bicyclic) bond motifs is 1. The zero-order valence-corrected chi connectivity index (χ0v) is 13.5. The van der Waals surface area contributed by atoms with Crippen molar-refractivity contribution in [3.8, 4) is 0 Å². The first-order chi connectivity index (χ1) is 9.50. The van der Waals surface area contributed by atoms with E-state index in [1.54, 1.807) is 17.8 Å². The number of nitrogens with zero attached hydrogens (tertiary/aromatic N) is 4. The highest BCUT2D eigenvalue weighted by Gasteiger charge is 2.26. The maximum Gasteiger partial charge on any atom is 0.244 e. The average molecular weight is 332 g/mol. The van der Waals surface area contributed by atoms with Crippen LogP contribution in [0.3, 0.4) is 0 Å². The molecule has 0 bridgehead atoms. The van der Waals surface area contributed by atoms with Crippen LogP contribution in [0.5, 0.6) is 0 Å². The van der Waals surface area contributed by atoms with E-state index in [1.807, 2.05) is 6.92 Å². The average Bonchev–Trinajstić information content (AvgIpc) is 2.75. The molecule has 0 atom stereocenters. The van der Waals surface area contributed by atoms with Gasteiger partial charge in [0.05, 0.1) is 5.69 Å². The van der Waals surface area contributed by atoms with E-state index in [9.17, 15) is 8.42 Å². The van der Waals surface area contributed by atoms with Crippen molar-refractivity contribution in [2.75, 3.05) is 26.2 Å². The maximum absolute atomic E-state index is 12.6. The van der Waals surface area contributed by atoms with Crippen LogP contribution in [0.4, 0.5) is 0 Å². The molecule has 1 aliphatic rings. The summed E-state index contributed by atoms with van der Waals surface area (Å²) in [5.41, 5.74) is 1.48. The minimum absolute atomic E-state index is 0. The van der Waals surface area contributed by atoms with E-state index in [-0.39, 0.29) is 17.3 Å². The number of hydrogen-bond donors (Lipinski definition) is 1. The Morgan fingerprint density at radius 3 is 2.62 bits per heavy atom. The second-order valence-electron chi connectivity index (χ2n) is 4.91. The molecule has 1 N–H and O–H groups in total. The molecule has 1 fully saturated rings. The summed E-state index contributed by atoms with van der Waals surface area (Å²) in [7, 11) is -1.67. The van der Waals surface area contributed by atoms with E-state index in [0.717, 1.165) is 11.1 Å². The third-order valence-corrected chi connectivity index (χ3v) is 5.42. The Morgan fingerprint density at radius 2 is 1.95 bits per heavy atom. The normalized spacial score (nSPS) is 16.9. The van der Waals surface area contributed by atoms with E-state index in [1.165, 1.54) is 10.5 Å². The van der Waals surface area contributed by atoms with E-state index in [0.29, 0.717) is 31.8 Å². The van der Waals surface area contributed by atoms with Crippen LogP contribution in [-0.4, -0.2) is 53.7 Å². The van der Waals surface area contributed by atoms with Gasteiger partial charge in [0.25, 0.3) is 0 Å². The second-order valence-corrected chi connectivity index (χ2v) is 6.84. The first kappa shape index (κ1) is 16.2. The molecular weight excluding hydrogens is 314 g/mol. The smallest absolute Gasteiger partial charge is 0.244 e. The lowest BCUT2D eigenvalue weighted by Gasteiger charge is -2.26. The number of aromatic nitrogens is 3. The standard InChI is InChI=1S/C12H17N5O2S.ClH/c1-9-11-7-10(8-14-12(11)16(2)15-9)20(18,19)17-5-3-13-4-6-17;/h7-8,13H,3-6H2,1-2H3;1H. The molecule has 116 valence electrons. The minimum atomic E-state index is -3.47. The number of hydrogen-bond acceptors (Lipinski definition) is 5. The zero-order chi connectivity index (χ0) is 14.3. The van der Waals surface area contributed by atoms with Crippen LogP contribution < -0.4 is 5.32 Å². The molecule has 0 aromatic carbocycles. The van der Waals surface area contributed by atoms with Crippen LogP contribution in [0, 0.1) is 6.92 Å². The van der Waals surface area contributed by atoms with Crippen molar-refractivity contribution in [1.82, 2.24) is 24.4 Å². The fraction of sp³-hybridized carbons (Fsp3) is 0.500. The molecule has 0 radical (unpaired) electrons. The van der Waals surface area contributed by atoms with Crippen LogP contribution in [0.15, 0.2) is 17.2 Å². The summed E-state index contributed by atoms with van der Waals surface area (Å²) in [5.74, 6) is 0. The molecule has 21 heavy (non-hydrogen) atoms. The van der Waals surface area contributed by atoms with Crippen molar-refractivity contribution in [2.45, 2.75) is 11.8 Å². The van der Waals surface area contributed by atoms with Gasteiger partial charge in [-0.3, -0.25) is 4.68 Å². The molecule has 2 aromatic heterocycles.